The lowest BCUT2D eigenvalue weighted by Gasteiger charge is -2.35. The van der Waals surface area contributed by atoms with Crippen LogP contribution in [0, 0.1) is 11.7 Å². The van der Waals surface area contributed by atoms with Gasteiger partial charge in [0.25, 0.3) is 0 Å². The lowest BCUT2D eigenvalue weighted by molar-refractivity contribution is -0.124. The Morgan fingerprint density at radius 1 is 1.33 bits per heavy atom. The Labute approximate surface area is 125 Å². The van der Waals surface area contributed by atoms with Crippen molar-refractivity contribution in [3.63, 3.8) is 0 Å². The van der Waals surface area contributed by atoms with Crippen LogP contribution >= 0.6 is 0 Å². The molecular weight excluding hydrogens is 269 g/mol. The van der Waals surface area contributed by atoms with E-state index in [9.17, 15) is 9.18 Å². The van der Waals surface area contributed by atoms with Gasteiger partial charge in [-0.1, -0.05) is 32.0 Å². The topological polar surface area (TPSA) is 44.4 Å². The molecule has 0 saturated carbocycles. The Morgan fingerprint density at radius 3 is 2.62 bits per heavy atom. The van der Waals surface area contributed by atoms with Crippen LogP contribution in [0.2, 0.25) is 0 Å². The number of carbonyl (C=O) groups is 1. The van der Waals surface area contributed by atoms with E-state index < -0.39 is 0 Å². The van der Waals surface area contributed by atoms with Gasteiger partial charge in [0.1, 0.15) is 5.82 Å². The first-order valence-electron chi connectivity index (χ1n) is 7.56. The molecule has 1 amide bonds. The lowest BCUT2D eigenvalue weighted by atomic mass is 10.0. The highest BCUT2D eigenvalue weighted by Crippen LogP contribution is 2.23. The molecule has 1 atom stereocenters. The van der Waals surface area contributed by atoms with Crippen molar-refractivity contribution in [3.8, 4) is 0 Å². The highest BCUT2D eigenvalue weighted by atomic mass is 19.1. The average molecular weight is 293 g/mol. The fraction of sp³-hybridized carbons (Fsp3) is 0.562. The molecule has 5 heteroatoms. The predicted molar refractivity (Wildman–Crippen MR) is 81.4 cm³/mol. The fourth-order valence-electron chi connectivity index (χ4n) is 2.58. The molecule has 2 rings (SSSR count). The second-order valence-corrected chi connectivity index (χ2v) is 5.72. The van der Waals surface area contributed by atoms with Gasteiger partial charge in [0.2, 0.25) is 5.91 Å². The molecular formula is C16H24FN3O. The lowest BCUT2D eigenvalue weighted by Crippen LogP contribution is -2.48. The Kier molecular flexibility index (Phi) is 5.70. The van der Waals surface area contributed by atoms with Gasteiger partial charge in [-0.25, -0.2) is 4.39 Å². The van der Waals surface area contributed by atoms with E-state index in [0.717, 1.165) is 26.2 Å². The van der Waals surface area contributed by atoms with Crippen molar-refractivity contribution in [2.24, 2.45) is 5.92 Å². The maximum atomic E-state index is 14.1. The normalized spacial score (nSPS) is 17.7. The van der Waals surface area contributed by atoms with Crippen molar-refractivity contribution in [2.45, 2.75) is 19.9 Å². The van der Waals surface area contributed by atoms with Crippen LogP contribution in [0.4, 0.5) is 4.39 Å². The minimum atomic E-state index is -0.208. The molecule has 0 radical (unpaired) electrons. The SMILES string of the molecule is CC(C)C(=O)NCC(c1ccccc1F)N1CCNCC1. The van der Waals surface area contributed by atoms with Gasteiger partial charge in [0, 0.05) is 44.2 Å². The Bertz CT molecular complexity index is 472. The molecule has 1 heterocycles. The molecule has 1 aliphatic heterocycles. The summed E-state index contributed by atoms with van der Waals surface area (Å²) in [5.74, 6) is -0.263. The zero-order chi connectivity index (χ0) is 15.2. The zero-order valence-corrected chi connectivity index (χ0v) is 12.7. The van der Waals surface area contributed by atoms with Gasteiger partial charge in [0.05, 0.1) is 6.04 Å². The summed E-state index contributed by atoms with van der Waals surface area (Å²) in [5.41, 5.74) is 0.656. The summed E-state index contributed by atoms with van der Waals surface area (Å²) in [6.45, 7) is 7.66. The maximum Gasteiger partial charge on any atom is 0.222 e. The van der Waals surface area contributed by atoms with Crippen LogP contribution in [-0.4, -0.2) is 43.5 Å². The van der Waals surface area contributed by atoms with Crippen molar-refractivity contribution in [1.29, 1.82) is 0 Å². The van der Waals surface area contributed by atoms with Crippen LogP contribution in [0.3, 0.4) is 0 Å². The number of benzene rings is 1. The quantitative estimate of drug-likeness (QED) is 0.865. The number of carbonyl (C=O) groups excluding carboxylic acids is 1. The number of rotatable bonds is 5. The number of hydrogen-bond acceptors (Lipinski definition) is 3. The first-order chi connectivity index (χ1) is 10.1. The van der Waals surface area contributed by atoms with Crippen LogP contribution in [0.5, 0.6) is 0 Å². The average Bonchev–Trinajstić information content (AvgIpc) is 2.50. The van der Waals surface area contributed by atoms with Crippen molar-refractivity contribution >= 4 is 5.91 Å². The van der Waals surface area contributed by atoms with Crippen molar-refractivity contribution in [2.75, 3.05) is 32.7 Å². The molecule has 1 saturated heterocycles. The Hall–Kier alpha value is -1.46. The Balaban J connectivity index is 2.14. The number of amides is 1. The van der Waals surface area contributed by atoms with E-state index in [1.165, 1.54) is 6.07 Å². The van der Waals surface area contributed by atoms with Crippen molar-refractivity contribution in [3.05, 3.63) is 35.6 Å². The molecule has 1 aromatic carbocycles. The van der Waals surface area contributed by atoms with Crippen molar-refractivity contribution in [1.82, 2.24) is 15.5 Å². The van der Waals surface area contributed by atoms with E-state index >= 15 is 0 Å². The van der Waals surface area contributed by atoms with E-state index in [-0.39, 0.29) is 23.7 Å². The Morgan fingerprint density at radius 2 is 2.00 bits per heavy atom. The maximum absolute atomic E-state index is 14.1. The number of piperazine rings is 1. The first kappa shape index (κ1) is 15.9. The second-order valence-electron chi connectivity index (χ2n) is 5.72. The summed E-state index contributed by atoms with van der Waals surface area (Å²) in [6, 6.07) is 6.72. The number of hydrogen-bond donors (Lipinski definition) is 2. The van der Waals surface area contributed by atoms with Crippen LogP contribution < -0.4 is 10.6 Å². The van der Waals surface area contributed by atoms with Gasteiger partial charge >= 0.3 is 0 Å². The third kappa shape index (κ3) is 4.25. The van der Waals surface area contributed by atoms with Gasteiger partial charge in [-0.2, -0.15) is 0 Å². The van der Waals surface area contributed by atoms with E-state index in [4.69, 9.17) is 0 Å². The minimum absolute atomic E-state index is 0.00599. The van der Waals surface area contributed by atoms with Crippen LogP contribution in [-0.2, 0) is 4.79 Å². The molecule has 1 aliphatic rings. The second kappa shape index (κ2) is 7.52. The predicted octanol–water partition coefficient (Wildman–Crippen LogP) is 1.54. The van der Waals surface area contributed by atoms with Gasteiger partial charge in [-0.3, -0.25) is 9.69 Å². The first-order valence-corrected chi connectivity index (χ1v) is 7.56. The van der Waals surface area contributed by atoms with E-state index in [2.05, 4.69) is 15.5 Å². The third-order valence-corrected chi connectivity index (χ3v) is 3.85. The molecule has 2 N–H and O–H groups in total. The highest BCUT2D eigenvalue weighted by Gasteiger charge is 2.25. The summed E-state index contributed by atoms with van der Waals surface area (Å²) in [5, 5.41) is 6.23. The minimum Gasteiger partial charge on any atom is -0.354 e. The zero-order valence-electron chi connectivity index (χ0n) is 12.7. The van der Waals surface area contributed by atoms with Gasteiger partial charge < -0.3 is 10.6 Å². The monoisotopic (exact) mass is 293 g/mol. The fourth-order valence-corrected chi connectivity index (χ4v) is 2.58. The summed E-state index contributed by atoms with van der Waals surface area (Å²) in [4.78, 5) is 14.0. The van der Waals surface area contributed by atoms with Gasteiger partial charge in [-0.15, -0.1) is 0 Å². The van der Waals surface area contributed by atoms with Crippen LogP contribution in [0.1, 0.15) is 25.5 Å². The largest absolute Gasteiger partial charge is 0.354 e. The van der Waals surface area contributed by atoms with E-state index in [1.807, 2.05) is 26.0 Å². The number of nitrogens with one attached hydrogen (secondary N) is 2. The molecule has 1 unspecified atom stereocenters. The van der Waals surface area contributed by atoms with E-state index in [1.54, 1.807) is 6.07 Å². The third-order valence-electron chi connectivity index (χ3n) is 3.85. The van der Waals surface area contributed by atoms with Crippen LogP contribution in [0.15, 0.2) is 24.3 Å². The molecule has 0 aliphatic carbocycles. The molecule has 0 aromatic heterocycles. The summed E-state index contributed by atoms with van der Waals surface area (Å²) >= 11 is 0. The summed E-state index contributed by atoms with van der Waals surface area (Å²) in [7, 11) is 0. The number of halogens is 1. The van der Waals surface area contributed by atoms with E-state index in [0.29, 0.717) is 12.1 Å². The standard InChI is InChI=1S/C16H24FN3O/c1-12(2)16(21)19-11-15(20-9-7-18-8-10-20)13-5-3-4-6-14(13)17/h3-6,12,15,18H,7-11H2,1-2H3,(H,19,21). The molecule has 116 valence electrons. The molecule has 21 heavy (non-hydrogen) atoms. The van der Waals surface area contributed by atoms with Gasteiger partial charge in [0.15, 0.2) is 0 Å². The molecule has 0 bridgehead atoms. The molecule has 4 nitrogen and oxygen atoms in total. The molecule has 0 spiro atoms. The highest BCUT2D eigenvalue weighted by molar-refractivity contribution is 5.77. The summed E-state index contributed by atoms with van der Waals surface area (Å²) < 4.78 is 14.1. The molecule has 1 aromatic rings. The van der Waals surface area contributed by atoms with Crippen LogP contribution in [0.25, 0.3) is 0 Å². The van der Waals surface area contributed by atoms with Crippen molar-refractivity contribution < 1.29 is 9.18 Å². The molecule has 1 fully saturated rings. The number of nitrogens with zero attached hydrogens (tertiary/aromatic N) is 1. The van der Waals surface area contributed by atoms with Gasteiger partial charge in [-0.05, 0) is 6.07 Å². The summed E-state index contributed by atoms with van der Waals surface area (Å²) in [6.07, 6.45) is 0. The smallest absolute Gasteiger partial charge is 0.222 e.